The van der Waals surface area contributed by atoms with Gasteiger partial charge >= 0.3 is 0 Å². The normalized spacial score (nSPS) is 10.8. The van der Waals surface area contributed by atoms with Gasteiger partial charge in [-0.15, -0.1) is 0 Å². The number of rotatable bonds is 7. The Balaban J connectivity index is 1.44. The van der Waals surface area contributed by atoms with Gasteiger partial charge in [0.2, 0.25) is 0 Å². The third-order valence-corrected chi connectivity index (χ3v) is 5.33. The van der Waals surface area contributed by atoms with Crippen molar-refractivity contribution < 1.29 is 18.3 Å². The van der Waals surface area contributed by atoms with Crippen LogP contribution in [-0.2, 0) is 13.2 Å². The lowest BCUT2D eigenvalue weighted by Gasteiger charge is -2.10. The van der Waals surface area contributed by atoms with Crippen LogP contribution in [0.2, 0.25) is 5.15 Å². The van der Waals surface area contributed by atoms with E-state index in [-0.39, 0.29) is 29.0 Å². The highest BCUT2D eigenvalue weighted by molar-refractivity contribution is 6.33. The maximum absolute atomic E-state index is 13.1. The summed E-state index contributed by atoms with van der Waals surface area (Å²) in [5, 5.41) is 7.36. The van der Waals surface area contributed by atoms with Crippen LogP contribution in [0.3, 0.4) is 0 Å². The van der Waals surface area contributed by atoms with Gasteiger partial charge in [-0.25, -0.2) is 13.5 Å². The number of anilines is 1. The largest absolute Gasteiger partial charge is 0.489 e. The fourth-order valence-electron chi connectivity index (χ4n) is 3.28. The number of nitrogens with one attached hydrogen (secondary N) is 1. The van der Waals surface area contributed by atoms with Crippen LogP contribution in [0.5, 0.6) is 5.75 Å². The van der Waals surface area contributed by atoms with Crippen molar-refractivity contribution in [1.29, 1.82) is 0 Å². The van der Waals surface area contributed by atoms with E-state index in [9.17, 15) is 13.6 Å². The predicted octanol–water partition coefficient (Wildman–Crippen LogP) is 6.00. The molecule has 0 saturated carbocycles. The van der Waals surface area contributed by atoms with Gasteiger partial charge in [0.15, 0.2) is 0 Å². The maximum Gasteiger partial charge on any atom is 0.260 e. The first-order valence-electron chi connectivity index (χ1n) is 10.1. The van der Waals surface area contributed by atoms with Gasteiger partial charge in [0.25, 0.3) is 5.91 Å². The minimum absolute atomic E-state index is 0.193. The van der Waals surface area contributed by atoms with Crippen LogP contribution in [0.25, 0.3) is 0 Å². The summed E-state index contributed by atoms with van der Waals surface area (Å²) in [6, 6.07) is 19.0. The molecule has 0 radical (unpaired) electrons. The number of halogens is 3. The highest BCUT2D eigenvalue weighted by Gasteiger charge is 2.21. The van der Waals surface area contributed by atoms with E-state index in [1.165, 1.54) is 28.9 Å². The molecule has 0 bridgehead atoms. The number of nitrogens with zero attached hydrogens (tertiary/aromatic N) is 2. The summed E-state index contributed by atoms with van der Waals surface area (Å²) in [7, 11) is 0. The third kappa shape index (κ3) is 5.56. The lowest BCUT2D eigenvalue weighted by Crippen LogP contribution is -2.13. The van der Waals surface area contributed by atoms with Crippen molar-refractivity contribution in [3.05, 3.63) is 112 Å². The van der Waals surface area contributed by atoms with Gasteiger partial charge in [-0.1, -0.05) is 41.9 Å². The molecule has 8 heteroatoms. The molecular formula is C25H20ClF2N3O2. The SMILES string of the molecule is Cc1nn(Cc2ccc(F)cc2)c(Cl)c1C(=O)Nc1cccc(OCc2ccc(F)cc2)c1. The van der Waals surface area contributed by atoms with Crippen LogP contribution >= 0.6 is 11.6 Å². The molecule has 0 saturated heterocycles. The molecule has 1 amide bonds. The molecule has 0 atom stereocenters. The van der Waals surface area contributed by atoms with E-state index in [1.54, 1.807) is 55.5 Å². The van der Waals surface area contributed by atoms with Crippen LogP contribution in [-0.4, -0.2) is 15.7 Å². The molecule has 168 valence electrons. The molecule has 3 aromatic carbocycles. The van der Waals surface area contributed by atoms with Crippen molar-refractivity contribution in [2.24, 2.45) is 0 Å². The Morgan fingerprint density at radius 2 is 1.64 bits per heavy atom. The molecule has 0 aliphatic heterocycles. The van der Waals surface area contributed by atoms with Crippen LogP contribution < -0.4 is 10.1 Å². The number of carbonyl (C=O) groups excluding carboxylic acids is 1. The Bertz CT molecular complexity index is 1270. The molecule has 33 heavy (non-hydrogen) atoms. The highest BCUT2D eigenvalue weighted by Crippen LogP contribution is 2.24. The fourth-order valence-corrected chi connectivity index (χ4v) is 3.60. The first-order valence-corrected chi connectivity index (χ1v) is 10.5. The number of hydrogen-bond donors (Lipinski definition) is 1. The molecule has 1 aromatic heterocycles. The first kappa shape index (κ1) is 22.5. The zero-order valence-corrected chi connectivity index (χ0v) is 18.4. The van der Waals surface area contributed by atoms with Crippen LogP contribution in [0.4, 0.5) is 14.5 Å². The van der Waals surface area contributed by atoms with E-state index in [1.807, 2.05) is 0 Å². The maximum atomic E-state index is 13.1. The summed E-state index contributed by atoms with van der Waals surface area (Å²) in [6.45, 7) is 2.27. The summed E-state index contributed by atoms with van der Waals surface area (Å²) in [5.41, 5.74) is 2.89. The molecule has 4 rings (SSSR count). The second-order valence-corrected chi connectivity index (χ2v) is 7.79. The van der Waals surface area contributed by atoms with Gasteiger partial charge in [0.05, 0.1) is 17.8 Å². The van der Waals surface area contributed by atoms with Gasteiger partial charge < -0.3 is 10.1 Å². The second kappa shape index (κ2) is 9.83. The Labute approximate surface area is 194 Å². The molecule has 0 unspecified atom stereocenters. The average Bonchev–Trinajstić information content (AvgIpc) is 3.08. The Kier molecular flexibility index (Phi) is 6.70. The number of ether oxygens (including phenoxy) is 1. The first-order chi connectivity index (χ1) is 15.9. The van der Waals surface area contributed by atoms with E-state index >= 15 is 0 Å². The van der Waals surface area contributed by atoms with Crippen LogP contribution in [0.15, 0.2) is 72.8 Å². The number of amides is 1. The summed E-state index contributed by atoms with van der Waals surface area (Å²) >= 11 is 6.45. The van der Waals surface area contributed by atoms with Crippen molar-refractivity contribution in [3.63, 3.8) is 0 Å². The van der Waals surface area contributed by atoms with E-state index in [4.69, 9.17) is 16.3 Å². The lowest BCUT2D eigenvalue weighted by molar-refractivity contribution is 0.102. The number of aromatic nitrogens is 2. The molecule has 1 N–H and O–H groups in total. The van der Waals surface area contributed by atoms with Crippen molar-refractivity contribution in [2.45, 2.75) is 20.1 Å². The van der Waals surface area contributed by atoms with Crippen LogP contribution in [0.1, 0.15) is 27.2 Å². The average molecular weight is 468 g/mol. The summed E-state index contributed by atoms with van der Waals surface area (Å²) in [4.78, 5) is 12.9. The van der Waals surface area contributed by atoms with Gasteiger partial charge in [0, 0.05) is 11.8 Å². The van der Waals surface area contributed by atoms with Crippen molar-refractivity contribution >= 4 is 23.2 Å². The van der Waals surface area contributed by atoms with Gasteiger partial charge in [0.1, 0.15) is 29.1 Å². The van der Waals surface area contributed by atoms with Crippen molar-refractivity contribution in [1.82, 2.24) is 9.78 Å². The molecule has 0 aliphatic carbocycles. The Morgan fingerprint density at radius 3 is 2.30 bits per heavy atom. The number of aryl methyl sites for hydroxylation is 1. The minimum Gasteiger partial charge on any atom is -0.489 e. The van der Waals surface area contributed by atoms with E-state index in [2.05, 4.69) is 10.4 Å². The second-order valence-electron chi connectivity index (χ2n) is 7.43. The minimum atomic E-state index is -0.404. The van der Waals surface area contributed by atoms with E-state index in [0.717, 1.165) is 11.1 Å². The van der Waals surface area contributed by atoms with Gasteiger partial charge in [-0.05, 0) is 54.4 Å². The summed E-state index contributed by atoms with van der Waals surface area (Å²) in [5.74, 6) is -0.491. The number of hydrogen-bond acceptors (Lipinski definition) is 3. The summed E-state index contributed by atoms with van der Waals surface area (Å²) < 4.78 is 33.4. The zero-order valence-electron chi connectivity index (χ0n) is 17.7. The van der Waals surface area contributed by atoms with E-state index < -0.39 is 5.91 Å². The number of carbonyl (C=O) groups is 1. The predicted molar refractivity (Wildman–Crippen MR) is 123 cm³/mol. The van der Waals surface area contributed by atoms with E-state index in [0.29, 0.717) is 23.7 Å². The molecule has 4 aromatic rings. The molecule has 0 aliphatic rings. The molecule has 0 spiro atoms. The smallest absolute Gasteiger partial charge is 0.260 e. The monoisotopic (exact) mass is 467 g/mol. The van der Waals surface area contributed by atoms with Crippen molar-refractivity contribution in [3.8, 4) is 5.75 Å². The standard InChI is InChI=1S/C25H20ClF2N3O2/c1-16-23(24(26)31(30-16)14-17-5-9-19(27)10-6-17)25(32)29-21-3-2-4-22(13-21)33-15-18-7-11-20(28)12-8-18/h2-13H,14-15H2,1H3,(H,29,32). The summed E-state index contributed by atoms with van der Waals surface area (Å²) in [6.07, 6.45) is 0. The topological polar surface area (TPSA) is 56.2 Å². The highest BCUT2D eigenvalue weighted by atomic mass is 35.5. The quantitative estimate of drug-likeness (QED) is 0.362. The van der Waals surface area contributed by atoms with Crippen molar-refractivity contribution in [2.75, 3.05) is 5.32 Å². The Morgan fingerprint density at radius 1 is 1.00 bits per heavy atom. The molecule has 0 fully saturated rings. The molecule has 5 nitrogen and oxygen atoms in total. The Hall–Kier alpha value is -3.71. The van der Waals surface area contributed by atoms with Gasteiger partial charge in [-0.2, -0.15) is 5.10 Å². The van der Waals surface area contributed by atoms with Gasteiger partial charge in [-0.3, -0.25) is 4.79 Å². The molecular weight excluding hydrogens is 448 g/mol. The number of benzene rings is 3. The lowest BCUT2D eigenvalue weighted by atomic mass is 10.2. The third-order valence-electron chi connectivity index (χ3n) is 4.95. The zero-order chi connectivity index (χ0) is 23.4. The fraction of sp³-hybridized carbons (Fsp3) is 0.120. The molecule has 1 heterocycles. The van der Waals surface area contributed by atoms with Crippen LogP contribution in [0, 0.1) is 18.6 Å².